The Hall–Kier alpha value is -4.66. The second kappa shape index (κ2) is 9.18. The van der Waals surface area contributed by atoms with Crippen LogP contribution in [0.1, 0.15) is 17.0 Å². The van der Waals surface area contributed by atoms with Crippen molar-refractivity contribution in [1.82, 2.24) is 9.55 Å². The lowest BCUT2D eigenvalue weighted by atomic mass is 10.1. The van der Waals surface area contributed by atoms with Gasteiger partial charge in [0.15, 0.2) is 6.10 Å². The van der Waals surface area contributed by atoms with E-state index in [1.54, 1.807) is 41.0 Å². The van der Waals surface area contributed by atoms with Gasteiger partial charge in [-0.15, -0.1) is 0 Å². The van der Waals surface area contributed by atoms with Crippen LogP contribution in [-0.4, -0.2) is 40.7 Å². The second-order valence-corrected chi connectivity index (χ2v) is 8.65. The fraction of sp³-hybridized carbons (Fsp3) is 0.185. The number of nitrogen functional groups attached to an aromatic ring is 1. The Morgan fingerprint density at radius 2 is 1.86 bits per heavy atom. The van der Waals surface area contributed by atoms with Crippen LogP contribution in [0.15, 0.2) is 71.5 Å². The minimum atomic E-state index is -0.454. The van der Waals surface area contributed by atoms with Crippen LogP contribution in [0.3, 0.4) is 0 Å². The van der Waals surface area contributed by atoms with E-state index in [4.69, 9.17) is 20.6 Å². The number of nitrogens with zero attached hydrogens (tertiary/aromatic N) is 3. The predicted octanol–water partition coefficient (Wildman–Crippen LogP) is 3.69. The van der Waals surface area contributed by atoms with Crippen LogP contribution in [-0.2, 0) is 4.74 Å². The highest BCUT2D eigenvalue weighted by molar-refractivity contribution is 5.96. The number of fused-ring (bicyclic) bond motifs is 1. The Morgan fingerprint density at radius 3 is 2.58 bits per heavy atom. The monoisotopic (exact) mass is 483 g/mol. The van der Waals surface area contributed by atoms with Crippen molar-refractivity contribution < 1.29 is 14.3 Å². The third-order valence-electron chi connectivity index (χ3n) is 6.15. The fourth-order valence-corrected chi connectivity index (χ4v) is 4.33. The number of cyclic esters (lactones) is 1. The van der Waals surface area contributed by atoms with Crippen LogP contribution in [0.25, 0.3) is 16.6 Å². The van der Waals surface area contributed by atoms with Gasteiger partial charge in [-0.05, 0) is 74.0 Å². The van der Waals surface area contributed by atoms with Crippen LogP contribution in [0.5, 0.6) is 5.75 Å². The van der Waals surface area contributed by atoms with E-state index in [-0.39, 0.29) is 18.0 Å². The summed E-state index contributed by atoms with van der Waals surface area (Å²) < 4.78 is 13.0. The summed E-state index contributed by atoms with van der Waals surface area (Å²) in [5, 5.41) is 8.05. The Labute approximate surface area is 207 Å². The first-order valence-corrected chi connectivity index (χ1v) is 11.5. The quantitative estimate of drug-likeness (QED) is 0.318. The second-order valence-electron chi connectivity index (χ2n) is 8.65. The van der Waals surface area contributed by atoms with Crippen LogP contribution < -0.4 is 20.9 Å². The zero-order chi connectivity index (χ0) is 25.4. The standard InChI is InChI=1S/C27H25N5O4/c1-16-13-20(11-12-24(16)32-17(2)30-23-6-4-3-5-22(23)26(32)33)35-15-21-14-31(27(34)36-21)19-9-7-18(8-10-19)25(28)29/h3-13,21H,14-15H2,1-2H3,(H3,28,29). The Kier molecular flexibility index (Phi) is 5.89. The van der Waals surface area contributed by atoms with Crippen molar-refractivity contribution in [2.45, 2.75) is 20.0 Å². The molecule has 1 saturated heterocycles. The summed E-state index contributed by atoms with van der Waals surface area (Å²) >= 11 is 0. The summed E-state index contributed by atoms with van der Waals surface area (Å²) in [6, 6.07) is 19.6. The lowest BCUT2D eigenvalue weighted by Gasteiger charge is -2.16. The Bertz CT molecular complexity index is 1540. The highest BCUT2D eigenvalue weighted by atomic mass is 16.6. The number of ether oxygens (including phenoxy) is 2. The van der Waals surface area contributed by atoms with Gasteiger partial charge in [0.1, 0.15) is 24.0 Å². The van der Waals surface area contributed by atoms with E-state index in [1.165, 1.54) is 4.90 Å². The maximum Gasteiger partial charge on any atom is 0.414 e. The number of amidine groups is 1. The van der Waals surface area contributed by atoms with Gasteiger partial charge in [-0.3, -0.25) is 19.7 Å². The van der Waals surface area contributed by atoms with Gasteiger partial charge < -0.3 is 15.2 Å². The van der Waals surface area contributed by atoms with Crippen molar-refractivity contribution in [2.75, 3.05) is 18.1 Å². The molecule has 3 aromatic carbocycles. The highest BCUT2D eigenvalue weighted by Gasteiger charge is 2.33. The molecule has 1 aliphatic heterocycles. The summed E-state index contributed by atoms with van der Waals surface area (Å²) in [5.41, 5.74) is 8.88. The lowest BCUT2D eigenvalue weighted by molar-refractivity contribution is 0.105. The maximum atomic E-state index is 13.1. The number of hydrogen-bond donors (Lipinski definition) is 2. The molecular formula is C27H25N5O4. The lowest BCUT2D eigenvalue weighted by Crippen LogP contribution is -2.26. The van der Waals surface area contributed by atoms with Gasteiger partial charge in [0.05, 0.1) is 23.1 Å². The molecule has 0 spiro atoms. The molecule has 4 aromatic rings. The van der Waals surface area contributed by atoms with Gasteiger partial charge in [0.2, 0.25) is 0 Å². The smallest absolute Gasteiger partial charge is 0.414 e. The van der Waals surface area contributed by atoms with Gasteiger partial charge in [-0.1, -0.05) is 12.1 Å². The normalized spacial score (nSPS) is 15.2. The summed E-state index contributed by atoms with van der Waals surface area (Å²) in [6.45, 7) is 4.24. The van der Waals surface area contributed by atoms with Crippen molar-refractivity contribution in [2.24, 2.45) is 5.73 Å². The molecule has 9 heteroatoms. The van der Waals surface area contributed by atoms with Crippen LogP contribution >= 0.6 is 0 Å². The zero-order valence-electron chi connectivity index (χ0n) is 19.9. The molecule has 1 atom stereocenters. The van der Waals surface area contributed by atoms with Gasteiger partial charge >= 0.3 is 6.09 Å². The number of rotatable bonds is 6. The number of amides is 1. The van der Waals surface area contributed by atoms with Crippen molar-refractivity contribution in [3.8, 4) is 11.4 Å². The molecule has 0 bridgehead atoms. The number of aryl methyl sites for hydroxylation is 2. The predicted molar refractivity (Wildman–Crippen MR) is 137 cm³/mol. The number of hydrogen-bond acceptors (Lipinski definition) is 6. The molecule has 9 nitrogen and oxygen atoms in total. The van der Waals surface area contributed by atoms with Crippen LogP contribution in [0.4, 0.5) is 10.5 Å². The van der Waals surface area contributed by atoms with E-state index in [2.05, 4.69) is 4.98 Å². The molecule has 1 aliphatic rings. The molecule has 1 aromatic heterocycles. The number of nitrogens with one attached hydrogen (secondary N) is 1. The third kappa shape index (κ3) is 4.26. The van der Waals surface area contributed by atoms with E-state index in [0.717, 1.165) is 11.3 Å². The average Bonchev–Trinajstić information content (AvgIpc) is 3.24. The molecular weight excluding hydrogens is 458 g/mol. The molecule has 1 unspecified atom stereocenters. The summed E-state index contributed by atoms with van der Waals surface area (Å²) in [4.78, 5) is 31.6. The van der Waals surface area contributed by atoms with Crippen LogP contribution in [0, 0.1) is 19.3 Å². The topological polar surface area (TPSA) is 124 Å². The van der Waals surface area contributed by atoms with E-state index in [9.17, 15) is 9.59 Å². The van der Waals surface area contributed by atoms with E-state index in [0.29, 0.717) is 40.3 Å². The van der Waals surface area contributed by atoms with Crippen molar-refractivity contribution >= 4 is 28.5 Å². The van der Waals surface area contributed by atoms with Gasteiger partial charge in [-0.2, -0.15) is 0 Å². The average molecular weight is 484 g/mol. The molecule has 0 saturated carbocycles. The van der Waals surface area contributed by atoms with Crippen molar-refractivity contribution in [3.63, 3.8) is 0 Å². The molecule has 2 heterocycles. The van der Waals surface area contributed by atoms with E-state index >= 15 is 0 Å². The number of aromatic nitrogens is 2. The highest BCUT2D eigenvalue weighted by Crippen LogP contribution is 2.25. The fourth-order valence-electron chi connectivity index (χ4n) is 4.33. The Balaban J connectivity index is 1.29. The summed E-state index contributed by atoms with van der Waals surface area (Å²) in [6.07, 6.45) is -0.899. The minimum absolute atomic E-state index is 0.0324. The number of benzene rings is 3. The van der Waals surface area contributed by atoms with Gasteiger partial charge in [0, 0.05) is 11.3 Å². The SMILES string of the molecule is Cc1cc(OCC2CN(c3ccc(C(=N)N)cc3)C(=O)O2)ccc1-n1c(C)nc2ccccc2c1=O. The summed E-state index contributed by atoms with van der Waals surface area (Å²) in [7, 11) is 0. The van der Waals surface area contributed by atoms with E-state index in [1.807, 2.05) is 44.2 Å². The number of carbonyl (C=O) groups excluding carboxylic acids is 1. The number of anilines is 1. The van der Waals surface area contributed by atoms with Crippen LogP contribution in [0.2, 0.25) is 0 Å². The molecule has 0 aliphatic carbocycles. The zero-order valence-corrected chi connectivity index (χ0v) is 19.9. The molecule has 36 heavy (non-hydrogen) atoms. The molecule has 182 valence electrons. The molecule has 1 fully saturated rings. The number of para-hydroxylation sites is 1. The summed E-state index contributed by atoms with van der Waals surface area (Å²) in [5.74, 6) is 1.18. The Morgan fingerprint density at radius 1 is 1.11 bits per heavy atom. The molecule has 5 rings (SSSR count). The van der Waals surface area contributed by atoms with Gasteiger partial charge in [0.25, 0.3) is 5.56 Å². The van der Waals surface area contributed by atoms with E-state index < -0.39 is 12.2 Å². The molecule has 1 amide bonds. The third-order valence-corrected chi connectivity index (χ3v) is 6.15. The van der Waals surface area contributed by atoms with Gasteiger partial charge in [-0.25, -0.2) is 9.78 Å². The largest absolute Gasteiger partial charge is 0.490 e. The minimum Gasteiger partial charge on any atom is -0.490 e. The first kappa shape index (κ1) is 23.1. The van der Waals surface area contributed by atoms with Crippen molar-refractivity contribution in [1.29, 1.82) is 5.41 Å². The maximum absolute atomic E-state index is 13.1. The number of carbonyl (C=O) groups is 1. The number of nitrogens with two attached hydrogens (primary N) is 1. The first-order valence-electron chi connectivity index (χ1n) is 11.5. The molecule has 3 N–H and O–H groups in total. The molecule has 0 radical (unpaired) electrons. The first-order chi connectivity index (χ1) is 17.3. The van der Waals surface area contributed by atoms with Crippen molar-refractivity contribution in [3.05, 3.63) is 94.0 Å².